The summed E-state index contributed by atoms with van der Waals surface area (Å²) in [6.07, 6.45) is 0.161. The van der Waals surface area contributed by atoms with Gasteiger partial charge >= 0.3 is 5.97 Å². The van der Waals surface area contributed by atoms with Crippen molar-refractivity contribution in [1.82, 2.24) is 10.3 Å². The zero-order valence-corrected chi connectivity index (χ0v) is 15.1. The number of aromatic nitrogens is 1. The van der Waals surface area contributed by atoms with Gasteiger partial charge in [-0.2, -0.15) is 0 Å². The van der Waals surface area contributed by atoms with Crippen molar-refractivity contribution in [2.24, 2.45) is 0 Å². The maximum absolute atomic E-state index is 12.4. The van der Waals surface area contributed by atoms with E-state index in [9.17, 15) is 14.7 Å². The van der Waals surface area contributed by atoms with Crippen molar-refractivity contribution in [2.45, 2.75) is 12.5 Å². The standard InChI is InChI=1S/C19H15ClN2O3S/c20-14-8-6-12(7-9-14)10-15(19(24)25)21-17(23)16-11-26-18(22-16)13-4-2-1-3-5-13/h1-9,11,15H,10H2,(H,21,23)(H,24,25)/t15-/m0/s1. The summed E-state index contributed by atoms with van der Waals surface area (Å²) in [5, 5.41) is 14.8. The molecule has 2 N–H and O–H groups in total. The number of amides is 1. The molecule has 1 heterocycles. The molecule has 0 fully saturated rings. The molecule has 1 aromatic heterocycles. The molecule has 2 aromatic carbocycles. The summed E-state index contributed by atoms with van der Waals surface area (Å²) in [5.74, 6) is -1.61. The number of benzene rings is 2. The van der Waals surface area contributed by atoms with Gasteiger partial charge in [0, 0.05) is 22.4 Å². The summed E-state index contributed by atoms with van der Waals surface area (Å²) in [5.41, 5.74) is 1.88. The molecule has 7 heteroatoms. The van der Waals surface area contributed by atoms with E-state index < -0.39 is 17.9 Å². The lowest BCUT2D eigenvalue weighted by atomic mass is 10.1. The van der Waals surface area contributed by atoms with Crippen LogP contribution in [0.2, 0.25) is 5.02 Å². The van der Waals surface area contributed by atoms with E-state index in [2.05, 4.69) is 10.3 Å². The van der Waals surface area contributed by atoms with Crippen molar-refractivity contribution in [3.05, 3.63) is 76.3 Å². The first-order valence-electron chi connectivity index (χ1n) is 7.82. The Morgan fingerprint density at radius 3 is 2.46 bits per heavy atom. The van der Waals surface area contributed by atoms with Crippen LogP contribution in [0, 0.1) is 0 Å². The number of carbonyl (C=O) groups is 2. The van der Waals surface area contributed by atoms with Gasteiger partial charge in [-0.3, -0.25) is 4.79 Å². The molecule has 0 bridgehead atoms. The number of hydrogen-bond acceptors (Lipinski definition) is 4. The van der Waals surface area contributed by atoms with Crippen LogP contribution in [0.25, 0.3) is 10.6 Å². The van der Waals surface area contributed by atoms with E-state index in [0.717, 1.165) is 11.1 Å². The number of aliphatic carboxylic acids is 1. The highest BCUT2D eigenvalue weighted by atomic mass is 35.5. The number of hydrogen-bond donors (Lipinski definition) is 2. The molecule has 132 valence electrons. The minimum absolute atomic E-state index is 0.161. The quantitative estimate of drug-likeness (QED) is 0.673. The van der Waals surface area contributed by atoms with Crippen LogP contribution >= 0.6 is 22.9 Å². The van der Waals surface area contributed by atoms with Gasteiger partial charge in [0.15, 0.2) is 0 Å². The van der Waals surface area contributed by atoms with Gasteiger partial charge in [0.2, 0.25) is 0 Å². The monoisotopic (exact) mass is 386 g/mol. The fourth-order valence-corrected chi connectivity index (χ4v) is 3.31. The van der Waals surface area contributed by atoms with E-state index in [1.165, 1.54) is 11.3 Å². The molecule has 0 unspecified atom stereocenters. The summed E-state index contributed by atoms with van der Waals surface area (Å²) in [4.78, 5) is 28.2. The average Bonchev–Trinajstić information content (AvgIpc) is 3.14. The Balaban J connectivity index is 1.71. The second-order valence-electron chi connectivity index (χ2n) is 5.60. The van der Waals surface area contributed by atoms with Gasteiger partial charge in [-0.1, -0.05) is 54.1 Å². The summed E-state index contributed by atoms with van der Waals surface area (Å²) in [6.45, 7) is 0. The van der Waals surface area contributed by atoms with Crippen LogP contribution in [0.4, 0.5) is 0 Å². The first kappa shape index (κ1) is 18.1. The molecule has 26 heavy (non-hydrogen) atoms. The highest BCUT2D eigenvalue weighted by Gasteiger charge is 2.22. The molecule has 3 aromatic rings. The topological polar surface area (TPSA) is 79.3 Å². The van der Waals surface area contributed by atoms with E-state index in [0.29, 0.717) is 10.0 Å². The van der Waals surface area contributed by atoms with Gasteiger partial charge in [0.1, 0.15) is 16.7 Å². The Hall–Kier alpha value is -2.70. The maximum atomic E-state index is 12.4. The zero-order valence-electron chi connectivity index (χ0n) is 13.6. The van der Waals surface area contributed by atoms with E-state index in [1.807, 2.05) is 30.3 Å². The predicted molar refractivity (Wildman–Crippen MR) is 102 cm³/mol. The average molecular weight is 387 g/mol. The van der Waals surface area contributed by atoms with Crippen LogP contribution in [0.15, 0.2) is 60.0 Å². The van der Waals surface area contributed by atoms with Crippen LogP contribution < -0.4 is 5.32 Å². The van der Waals surface area contributed by atoms with E-state index in [1.54, 1.807) is 29.6 Å². The second-order valence-corrected chi connectivity index (χ2v) is 6.89. The number of thiazole rings is 1. The van der Waals surface area contributed by atoms with Crippen molar-refractivity contribution in [3.63, 3.8) is 0 Å². The van der Waals surface area contributed by atoms with Crippen LogP contribution in [0.5, 0.6) is 0 Å². The molecule has 0 saturated carbocycles. The smallest absolute Gasteiger partial charge is 0.326 e. The van der Waals surface area contributed by atoms with Crippen molar-refractivity contribution < 1.29 is 14.7 Å². The molecule has 1 atom stereocenters. The lowest BCUT2D eigenvalue weighted by Gasteiger charge is -2.14. The largest absolute Gasteiger partial charge is 0.480 e. The predicted octanol–water partition coefficient (Wildman–Crippen LogP) is 3.89. The number of carbonyl (C=O) groups excluding carboxylic acids is 1. The summed E-state index contributed by atoms with van der Waals surface area (Å²) >= 11 is 7.17. The Morgan fingerprint density at radius 1 is 1.12 bits per heavy atom. The minimum Gasteiger partial charge on any atom is -0.480 e. The number of nitrogens with zero attached hydrogens (tertiary/aromatic N) is 1. The van der Waals surface area contributed by atoms with Crippen LogP contribution in [-0.4, -0.2) is 28.0 Å². The highest BCUT2D eigenvalue weighted by Crippen LogP contribution is 2.23. The fraction of sp³-hybridized carbons (Fsp3) is 0.105. The van der Waals surface area contributed by atoms with E-state index >= 15 is 0 Å². The molecular formula is C19H15ClN2O3S. The third-order valence-electron chi connectivity index (χ3n) is 3.71. The number of carboxylic acids is 1. The van der Waals surface area contributed by atoms with Crippen molar-refractivity contribution >= 4 is 34.8 Å². The van der Waals surface area contributed by atoms with Crippen molar-refractivity contribution in [2.75, 3.05) is 0 Å². The summed E-state index contributed by atoms with van der Waals surface area (Å²) in [7, 11) is 0. The van der Waals surface area contributed by atoms with Gasteiger partial charge in [-0.15, -0.1) is 11.3 Å². The van der Waals surface area contributed by atoms with Gasteiger partial charge in [0.05, 0.1) is 0 Å². The lowest BCUT2D eigenvalue weighted by Crippen LogP contribution is -2.42. The zero-order chi connectivity index (χ0) is 18.5. The minimum atomic E-state index is -1.10. The number of nitrogens with one attached hydrogen (secondary N) is 1. The Labute approximate surface area is 159 Å². The first-order valence-corrected chi connectivity index (χ1v) is 9.08. The van der Waals surface area contributed by atoms with Crippen molar-refractivity contribution in [3.8, 4) is 10.6 Å². The Morgan fingerprint density at radius 2 is 1.81 bits per heavy atom. The third-order valence-corrected chi connectivity index (χ3v) is 4.86. The lowest BCUT2D eigenvalue weighted by molar-refractivity contribution is -0.139. The number of rotatable bonds is 6. The van der Waals surface area contributed by atoms with E-state index in [-0.39, 0.29) is 12.1 Å². The van der Waals surface area contributed by atoms with Crippen LogP contribution in [-0.2, 0) is 11.2 Å². The molecule has 0 aliphatic carbocycles. The fourth-order valence-electron chi connectivity index (χ4n) is 2.38. The molecule has 0 saturated heterocycles. The molecule has 0 radical (unpaired) electrons. The number of carboxylic acid groups (broad SMARTS) is 1. The molecular weight excluding hydrogens is 372 g/mol. The van der Waals surface area contributed by atoms with Gasteiger partial charge in [-0.25, -0.2) is 9.78 Å². The Kier molecular flexibility index (Phi) is 5.65. The summed E-state index contributed by atoms with van der Waals surface area (Å²) < 4.78 is 0. The van der Waals surface area contributed by atoms with Gasteiger partial charge in [0.25, 0.3) is 5.91 Å². The Bertz CT molecular complexity index is 910. The van der Waals surface area contributed by atoms with Gasteiger partial charge in [-0.05, 0) is 17.7 Å². The third kappa shape index (κ3) is 4.47. The molecule has 0 aliphatic heterocycles. The maximum Gasteiger partial charge on any atom is 0.326 e. The highest BCUT2D eigenvalue weighted by molar-refractivity contribution is 7.13. The molecule has 3 rings (SSSR count). The molecule has 1 amide bonds. The molecule has 0 spiro atoms. The SMILES string of the molecule is O=C(N[C@@H](Cc1ccc(Cl)cc1)C(=O)O)c1csc(-c2ccccc2)n1. The second kappa shape index (κ2) is 8.12. The normalized spacial score (nSPS) is 11.7. The molecule has 5 nitrogen and oxygen atoms in total. The van der Waals surface area contributed by atoms with Gasteiger partial charge < -0.3 is 10.4 Å². The summed E-state index contributed by atoms with van der Waals surface area (Å²) in [6, 6.07) is 15.3. The van der Waals surface area contributed by atoms with Crippen LogP contribution in [0.3, 0.4) is 0 Å². The first-order chi connectivity index (χ1) is 12.5. The number of halogens is 1. The van der Waals surface area contributed by atoms with Crippen LogP contribution in [0.1, 0.15) is 16.1 Å². The molecule has 0 aliphatic rings. The van der Waals surface area contributed by atoms with E-state index in [4.69, 9.17) is 11.6 Å². The van der Waals surface area contributed by atoms with Crippen molar-refractivity contribution in [1.29, 1.82) is 0 Å².